The van der Waals surface area contributed by atoms with Crippen molar-refractivity contribution in [2.75, 3.05) is 20.8 Å². The predicted octanol–water partition coefficient (Wildman–Crippen LogP) is 5.21. The van der Waals surface area contributed by atoms with E-state index in [1.165, 1.54) is 0 Å². The van der Waals surface area contributed by atoms with E-state index in [4.69, 9.17) is 47.4 Å². The molecule has 0 radical (unpaired) electrons. The molecule has 0 unspecified atom stereocenters. The lowest BCUT2D eigenvalue weighted by Gasteiger charge is -2.50. The van der Waals surface area contributed by atoms with Crippen LogP contribution in [-0.4, -0.2) is 139 Å². The number of hydrogen-bond acceptors (Lipinski definition) is 14. The van der Waals surface area contributed by atoms with Gasteiger partial charge in [-0.25, -0.2) is 0 Å². The average Bonchev–Trinajstić information content (AvgIpc) is 3.56. The first kappa shape index (κ1) is 46.9. The van der Waals surface area contributed by atoms with Gasteiger partial charge in [0.05, 0.1) is 49.3 Å². The van der Waals surface area contributed by atoms with Gasteiger partial charge >= 0.3 is 5.97 Å². The number of rotatable bonds is 7. The third-order valence-corrected chi connectivity index (χ3v) is 14.4. The maximum Gasteiger partial charge on any atom is 0.316 e. The first-order chi connectivity index (χ1) is 29.0. The normalized spacial score (nSPS) is 48.2. The number of fused-ring (bicyclic) bond motifs is 2. The summed E-state index contributed by atoms with van der Waals surface area (Å²) in [6.45, 7) is 16.2. The Morgan fingerprint density at radius 2 is 1.59 bits per heavy atom. The lowest BCUT2D eigenvalue weighted by molar-refractivity contribution is -0.340. The molecule has 1 aliphatic carbocycles. The van der Waals surface area contributed by atoms with Crippen LogP contribution in [0.4, 0.5) is 0 Å². The smallest absolute Gasteiger partial charge is 0.316 e. The largest absolute Gasteiger partial charge is 0.462 e. The average molecular weight is 861 g/mol. The highest BCUT2D eigenvalue weighted by atomic mass is 16.7. The van der Waals surface area contributed by atoms with Crippen molar-refractivity contribution in [1.82, 2.24) is 0 Å². The Kier molecular flexibility index (Phi) is 14.8. The quantitative estimate of drug-likeness (QED) is 0.225. The number of ether oxygens (including phenoxy) is 10. The summed E-state index contributed by atoms with van der Waals surface area (Å²) in [5, 5.41) is 34.2. The van der Waals surface area contributed by atoms with Crippen LogP contribution in [-0.2, 0) is 52.2 Å². The molecule has 3 N–H and O–H groups in total. The molecule has 7 aliphatic rings. The molecule has 14 nitrogen and oxygen atoms in total. The lowest BCUT2D eigenvalue weighted by atomic mass is 9.71. The summed E-state index contributed by atoms with van der Waals surface area (Å²) in [6, 6.07) is 0. The van der Waals surface area contributed by atoms with E-state index in [0.29, 0.717) is 55.6 Å². The van der Waals surface area contributed by atoms with Gasteiger partial charge in [0.15, 0.2) is 18.4 Å². The van der Waals surface area contributed by atoms with Gasteiger partial charge in [-0.05, 0) is 69.1 Å². The molecule has 6 heterocycles. The van der Waals surface area contributed by atoms with Gasteiger partial charge in [-0.1, -0.05) is 58.1 Å². The van der Waals surface area contributed by atoms with Crippen LogP contribution in [0.3, 0.4) is 0 Å². The van der Waals surface area contributed by atoms with Crippen molar-refractivity contribution in [2.45, 2.75) is 198 Å². The van der Waals surface area contributed by atoms with E-state index in [-0.39, 0.29) is 36.8 Å². The van der Waals surface area contributed by atoms with E-state index in [0.717, 1.165) is 12.0 Å². The highest BCUT2D eigenvalue weighted by molar-refractivity contribution is 5.78. The number of hydrogen-bond donors (Lipinski definition) is 3. The minimum absolute atomic E-state index is 0.0210. The van der Waals surface area contributed by atoms with Gasteiger partial charge in [-0.15, -0.1) is 0 Å². The number of esters is 1. The van der Waals surface area contributed by atoms with Gasteiger partial charge in [-0.3, -0.25) is 4.79 Å². The molecule has 0 aromatic rings. The fourth-order valence-electron chi connectivity index (χ4n) is 10.8. The molecule has 344 valence electrons. The Labute approximate surface area is 361 Å². The van der Waals surface area contributed by atoms with E-state index < -0.39 is 90.8 Å². The molecular weight excluding hydrogens is 789 g/mol. The Balaban J connectivity index is 1.17. The Hall–Kier alpha value is -2.05. The second-order valence-electron chi connectivity index (χ2n) is 19.2. The molecule has 61 heavy (non-hydrogen) atoms. The maximum atomic E-state index is 14.3. The number of aliphatic hydroxyl groups is 3. The summed E-state index contributed by atoms with van der Waals surface area (Å²) >= 11 is 0. The van der Waals surface area contributed by atoms with E-state index in [1.54, 1.807) is 40.2 Å². The summed E-state index contributed by atoms with van der Waals surface area (Å²) in [6.07, 6.45) is 5.52. The van der Waals surface area contributed by atoms with Crippen molar-refractivity contribution in [3.63, 3.8) is 0 Å². The number of methoxy groups -OCH3 is 2. The fraction of sp³-hybridized carbons (Fsp3) is 0.809. The monoisotopic (exact) mass is 860 g/mol. The van der Waals surface area contributed by atoms with E-state index in [1.807, 2.05) is 19.1 Å². The van der Waals surface area contributed by atoms with E-state index in [2.05, 4.69) is 40.7 Å². The van der Waals surface area contributed by atoms with Gasteiger partial charge in [0, 0.05) is 52.2 Å². The van der Waals surface area contributed by atoms with Crippen molar-refractivity contribution < 1.29 is 67.5 Å². The van der Waals surface area contributed by atoms with Crippen molar-refractivity contribution in [3.05, 3.63) is 47.1 Å². The van der Waals surface area contributed by atoms with Crippen molar-refractivity contribution in [2.24, 2.45) is 23.7 Å². The molecule has 6 aliphatic heterocycles. The molecule has 5 fully saturated rings. The highest BCUT2D eigenvalue weighted by Crippen LogP contribution is 2.48. The molecule has 0 aromatic carbocycles. The molecule has 1 spiro atoms. The van der Waals surface area contributed by atoms with Gasteiger partial charge in [0.2, 0.25) is 0 Å². The zero-order chi connectivity index (χ0) is 44.0. The van der Waals surface area contributed by atoms with Gasteiger partial charge in [-0.2, -0.15) is 0 Å². The summed E-state index contributed by atoms with van der Waals surface area (Å²) in [4.78, 5) is 14.3. The molecule has 0 saturated carbocycles. The third kappa shape index (κ3) is 9.67. The molecule has 0 amide bonds. The Morgan fingerprint density at radius 1 is 0.885 bits per heavy atom. The first-order valence-corrected chi connectivity index (χ1v) is 22.6. The predicted molar refractivity (Wildman–Crippen MR) is 223 cm³/mol. The number of carbonyl (C=O) groups excluding carboxylic acids is 1. The van der Waals surface area contributed by atoms with Gasteiger partial charge < -0.3 is 62.7 Å². The Morgan fingerprint density at radius 3 is 2.31 bits per heavy atom. The van der Waals surface area contributed by atoms with Crippen LogP contribution < -0.4 is 0 Å². The van der Waals surface area contributed by atoms with Crippen molar-refractivity contribution in [1.29, 1.82) is 0 Å². The number of aliphatic hydroxyl groups excluding tert-OH is 2. The zero-order valence-electron chi connectivity index (χ0n) is 37.8. The standard InChI is InChI=1S/C47H72O14/c1-24(2)41-27(5)16-17-46(61-41)22-33-19-32(60-46)15-14-26(4)42(25(3)12-11-13-31-23-54-44-39(48)28(6)18-34(45(50)57-33)47(31,44)51)58-38-21-36(53-10)43(30(8)56-38)59-37-20-35(52-9)40(49)29(7)55-37/h11-14,18,24-25,27,29-30,32-44,48-49,51H,15-17,19-23H2,1-10H3/b12-11?,26-14+,31-13?/t25-,27-,29-,30-,32+,33-,34-,35+,36-,37-,38-,39+,40-,41+,42-,43-,44+,46+,47+/m0/s1. The zero-order valence-corrected chi connectivity index (χ0v) is 37.8. The minimum atomic E-state index is -1.82. The molecule has 14 heteroatoms. The van der Waals surface area contributed by atoms with Gasteiger partial charge in [0.25, 0.3) is 0 Å². The summed E-state index contributed by atoms with van der Waals surface area (Å²) in [5.41, 5.74) is 0.184. The van der Waals surface area contributed by atoms with Gasteiger partial charge in [0.1, 0.15) is 42.0 Å². The number of allylic oxidation sites excluding steroid dienone is 2. The van der Waals surface area contributed by atoms with Crippen LogP contribution in [0.25, 0.3) is 0 Å². The van der Waals surface area contributed by atoms with Crippen LogP contribution in [0.5, 0.6) is 0 Å². The summed E-state index contributed by atoms with van der Waals surface area (Å²) in [7, 11) is 3.22. The van der Waals surface area contributed by atoms with Crippen LogP contribution in [0.2, 0.25) is 0 Å². The summed E-state index contributed by atoms with van der Waals surface area (Å²) < 4.78 is 63.7. The maximum absolute atomic E-state index is 14.3. The van der Waals surface area contributed by atoms with Crippen molar-refractivity contribution >= 4 is 5.97 Å². The van der Waals surface area contributed by atoms with Crippen LogP contribution in [0, 0.1) is 23.7 Å². The van der Waals surface area contributed by atoms with Crippen LogP contribution >= 0.6 is 0 Å². The molecule has 7 rings (SSSR count). The van der Waals surface area contributed by atoms with Crippen LogP contribution in [0.1, 0.15) is 100 Å². The fourth-order valence-corrected chi connectivity index (χ4v) is 10.8. The molecule has 19 atom stereocenters. The Bertz CT molecular complexity index is 1660. The minimum Gasteiger partial charge on any atom is -0.462 e. The van der Waals surface area contributed by atoms with E-state index >= 15 is 0 Å². The molecule has 0 aromatic heterocycles. The van der Waals surface area contributed by atoms with Crippen LogP contribution in [0.15, 0.2) is 47.1 Å². The number of carbonyl (C=O) groups is 1. The second-order valence-corrected chi connectivity index (χ2v) is 19.2. The molecular formula is C47H72O14. The highest BCUT2D eigenvalue weighted by Gasteiger charge is 2.60. The van der Waals surface area contributed by atoms with E-state index in [9.17, 15) is 20.1 Å². The molecule has 2 bridgehead atoms. The second kappa shape index (κ2) is 19.2. The van der Waals surface area contributed by atoms with Crippen molar-refractivity contribution in [3.8, 4) is 0 Å². The SMILES string of the molecule is CO[C@H]1C[C@H](O[C@@H]2/C(C)=C/C[C@@H]3C[C@@H](C[C@]4(CC[C@H](C)[C@@H](C(C)C)O4)O3)OC(=O)[C@@H]3C=C(C)[C@@H](O)[C@H]4OCC(=CC=C[C@@H]2C)[C@]43O)O[C@@H](C)[C@@H]1O[C@H]1C[C@@H](OC)[C@@H](O)[C@H](C)O1. The lowest BCUT2D eigenvalue weighted by Crippen LogP contribution is -2.58. The summed E-state index contributed by atoms with van der Waals surface area (Å²) in [5.74, 6) is -2.15. The first-order valence-electron chi connectivity index (χ1n) is 22.6. The third-order valence-electron chi connectivity index (χ3n) is 14.4. The topological polar surface area (TPSA) is 170 Å². The molecule has 5 saturated heterocycles.